The highest BCUT2D eigenvalue weighted by Gasteiger charge is 2.22. The van der Waals surface area contributed by atoms with Gasteiger partial charge in [0, 0.05) is 23.4 Å². The van der Waals surface area contributed by atoms with Crippen molar-refractivity contribution in [1.82, 2.24) is 0 Å². The molecule has 0 bridgehead atoms. The van der Waals surface area contributed by atoms with E-state index < -0.39 is 28.7 Å². The van der Waals surface area contributed by atoms with Gasteiger partial charge in [-0.2, -0.15) is 0 Å². The number of anilines is 1. The summed E-state index contributed by atoms with van der Waals surface area (Å²) < 4.78 is 23.4. The molecule has 0 aliphatic carbocycles. The zero-order valence-corrected chi connectivity index (χ0v) is 15.1. The Morgan fingerprint density at radius 1 is 1.07 bits per heavy atom. The highest BCUT2D eigenvalue weighted by atomic mass is 19.1. The fraction of sp³-hybridized carbons (Fsp3) is 0.100. The number of rotatable bonds is 6. The molecule has 1 atom stereocenters. The Kier molecular flexibility index (Phi) is 5.68. The first kappa shape index (κ1) is 19.7. The van der Waals surface area contributed by atoms with Crippen LogP contribution in [0.3, 0.4) is 0 Å². The van der Waals surface area contributed by atoms with Crippen LogP contribution in [0.4, 0.5) is 15.8 Å². The fourth-order valence-corrected chi connectivity index (χ4v) is 2.40. The van der Waals surface area contributed by atoms with Crippen molar-refractivity contribution < 1.29 is 28.1 Å². The number of carbonyl (C=O) groups is 2. The van der Waals surface area contributed by atoms with Crippen LogP contribution in [0.25, 0.3) is 11.3 Å². The van der Waals surface area contributed by atoms with E-state index in [1.807, 2.05) is 0 Å². The number of nitrogens with zero attached hydrogens (tertiary/aromatic N) is 1. The Labute approximate surface area is 164 Å². The third kappa shape index (κ3) is 4.83. The molecule has 1 amide bonds. The number of nitro benzene ring substituents is 1. The van der Waals surface area contributed by atoms with Gasteiger partial charge in [0.1, 0.15) is 11.6 Å². The monoisotopic (exact) mass is 398 g/mol. The number of ether oxygens (including phenoxy) is 1. The van der Waals surface area contributed by atoms with Crippen molar-refractivity contribution in [1.29, 1.82) is 0 Å². The van der Waals surface area contributed by atoms with E-state index in [1.54, 1.807) is 0 Å². The topological polar surface area (TPSA) is 112 Å². The van der Waals surface area contributed by atoms with E-state index in [0.717, 1.165) is 0 Å². The minimum atomic E-state index is -1.12. The molecule has 1 aromatic heterocycles. The Balaban J connectivity index is 1.62. The molecule has 3 rings (SSSR count). The Morgan fingerprint density at radius 3 is 2.34 bits per heavy atom. The molecule has 0 saturated heterocycles. The number of esters is 1. The van der Waals surface area contributed by atoms with Crippen LogP contribution in [0.5, 0.6) is 0 Å². The molecule has 0 saturated carbocycles. The average molecular weight is 398 g/mol. The lowest BCUT2D eigenvalue weighted by atomic mass is 10.1. The van der Waals surface area contributed by atoms with Crippen LogP contribution in [-0.4, -0.2) is 22.9 Å². The van der Waals surface area contributed by atoms with Gasteiger partial charge in [-0.1, -0.05) is 0 Å². The SMILES string of the molecule is C[C@@H](OC(=O)c1ccc(-c2ccc([N+](=O)[O-])cc2)o1)C(=O)Nc1ccc(F)cc1. The highest BCUT2D eigenvalue weighted by Crippen LogP contribution is 2.25. The second-order valence-electron chi connectivity index (χ2n) is 6.01. The molecule has 0 radical (unpaired) electrons. The van der Waals surface area contributed by atoms with Crippen LogP contribution in [0, 0.1) is 15.9 Å². The molecule has 0 aliphatic heterocycles. The lowest BCUT2D eigenvalue weighted by Crippen LogP contribution is -2.29. The number of non-ortho nitro benzene ring substituents is 1. The minimum absolute atomic E-state index is 0.0686. The van der Waals surface area contributed by atoms with Crippen LogP contribution in [0.2, 0.25) is 0 Å². The van der Waals surface area contributed by atoms with E-state index in [1.165, 1.54) is 67.6 Å². The van der Waals surface area contributed by atoms with Crippen LogP contribution in [-0.2, 0) is 9.53 Å². The Hall–Kier alpha value is -4.01. The van der Waals surface area contributed by atoms with Gasteiger partial charge in [0.25, 0.3) is 11.6 Å². The van der Waals surface area contributed by atoms with E-state index in [4.69, 9.17) is 9.15 Å². The van der Waals surface area contributed by atoms with Gasteiger partial charge in [0.05, 0.1) is 4.92 Å². The van der Waals surface area contributed by atoms with Crippen LogP contribution in [0.1, 0.15) is 17.5 Å². The van der Waals surface area contributed by atoms with E-state index in [9.17, 15) is 24.1 Å². The summed E-state index contributed by atoms with van der Waals surface area (Å²) >= 11 is 0. The summed E-state index contributed by atoms with van der Waals surface area (Å²) in [5.74, 6) is -1.69. The zero-order chi connectivity index (χ0) is 21.0. The molecule has 148 valence electrons. The predicted molar refractivity (Wildman–Crippen MR) is 101 cm³/mol. The lowest BCUT2D eigenvalue weighted by Gasteiger charge is -2.12. The third-order valence-electron chi connectivity index (χ3n) is 3.93. The maximum atomic E-state index is 12.9. The van der Waals surface area contributed by atoms with Gasteiger partial charge in [-0.3, -0.25) is 14.9 Å². The van der Waals surface area contributed by atoms with Crippen molar-refractivity contribution in [2.24, 2.45) is 0 Å². The van der Waals surface area contributed by atoms with Gasteiger partial charge in [0.2, 0.25) is 5.76 Å². The average Bonchev–Trinajstić information content (AvgIpc) is 3.20. The second-order valence-corrected chi connectivity index (χ2v) is 6.01. The van der Waals surface area contributed by atoms with Crippen LogP contribution >= 0.6 is 0 Å². The molecule has 29 heavy (non-hydrogen) atoms. The smallest absolute Gasteiger partial charge is 0.375 e. The molecular formula is C20H15FN2O6. The van der Waals surface area contributed by atoms with E-state index >= 15 is 0 Å². The molecule has 8 nitrogen and oxygen atoms in total. The quantitative estimate of drug-likeness (QED) is 0.379. The number of hydrogen-bond acceptors (Lipinski definition) is 6. The van der Waals surface area contributed by atoms with Crippen molar-refractivity contribution in [2.75, 3.05) is 5.32 Å². The fourth-order valence-electron chi connectivity index (χ4n) is 2.40. The second kappa shape index (κ2) is 8.34. The molecule has 0 aliphatic rings. The summed E-state index contributed by atoms with van der Waals surface area (Å²) in [6.07, 6.45) is -1.12. The summed E-state index contributed by atoms with van der Waals surface area (Å²) in [4.78, 5) is 34.5. The predicted octanol–water partition coefficient (Wildman–Crippen LogP) is 4.18. The van der Waals surface area contributed by atoms with Crippen molar-refractivity contribution in [2.45, 2.75) is 13.0 Å². The molecule has 0 fully saturated rings. The number of carbonyl (C=O) groups excluding carboxylic acids is 2. The number of amides is 1. The standard InChI is InChI=1S/C20H15FN2O6/c1-12(19(24)22-15-6-4-14(21)5-7-15)28-20(25)18-11-10-17(29-18)13-2-8-16(9-3-13)23(26)27/h2-12H,1H3,(H,22,24)/t12-/m1/s1. The van der Waals surface area contributed by atoms with Gasteiger partial charge in [-0.25, -0.2) is 9.18 Å². The number of furan rings is 1. The Morgan fingerprint density at radius 2 is 1.72 bits per heavy atom. The minimum Gasteiger partial charge on any atom is -0.449 e. The van der Waals surface area contributed by atoms with Crippen molar-refractivity contribution >= 4 is 23.3 Å². The first-order valence-electron chi connectivity index (χ1n) is 8.45. The number of hydrogen-bond donors (Lipinski definition) is 1. The van der Waals surface area contributed by atoms with E-state index in [0.29, 0.717) is 17.0 Å². The zero-order valence-electron chi connectivity index (χ0n) is 15.1. The molecule has 3 aromatic rings. The summed E-state index contributed by atoms with van der Waals surface area (Å²) in [6, 6.07) is 13.6. The summed E-state index contributed by atoms with van der Waals surface area (Å²) in [7, 11) is 0. The maximum Gasteiger partial charge on any atom is 0.375 e. The molecule has 0 spiro atoms. The van der Waals surface area contributed by atoms with Gasteiger partial charge in [-0.05, 0) is 55.5 Å². The van der Waals surface area contributed by atoms with E-state index in [2.05, 4.69) is 5.32 Å². The first-order chi connectivity index (χ1) is 13.8. The number of nitro groups is 1. The lowest BCUT2D eigenvalue weighted by molar-refractivity contribution is -0.384. The van der Waals surface area contributed by atoms with Crippen LogP contribution in [0.15, 0.2) is 65.1 Å². The number of nitrogens with one attached hydrogen (secondary N) is 1. The van der Waals surface area contributed by atoms with Gasteiger partial charge >= 0.3 is 5.97 Å². The molecule has 2 aromatic carbocycles. The Bertz CT molecular complexity index is 1040. The number of halogens is 1. The third-order valence-corrected chi connectivity index (χ3v) is 3.93. The van der Waals surface area contributed by atoms with Gasteiger partial charge in [-0.15, -0.1) is 0 Å². The summed E-state index contributed by atoms with van der Waals surface area (Å²) in [5.41, 5.74) is 0.829. The molecule has 1 N–H and O–H groups in total. The van der Waals surface area contributed by atoms with Crippen LogP contribution < -0.4 is 5.32 Å². The first-order valence-corrected chi connectivity index (χ1v) is 8.45. The van der Waals surface area contributed by atoms with Crippen molar-refractivity contribution in [3.8, 4) is 11.3 Å². The van der Waals surface area contributed by atoms with Gasteiger partial charge in [0.15, 0.2) is 6.10 Å². The molecule has 9 heteroatoms. The van der Waals surface area contributed by atoms with Gasteiger partial charge < -0.3 is 14.5 Å². The van der Waals surface area contributed by atoms with E-state index in [-0.39, 0.29) is 11.4 Å². The molecular weight excluding hydrogens is 383 g/mol. The summed E-state index contributed by atoms with van der Waals surface area (Å²) in [6.45, 7) is 1.39. The molecule has 0 unspecified atom stereocenters. The summed E-state index contributed by atoms with van der Waals surface area (Å²) in [5, 5.41) is 13.2. The highest BCUT2D eigenvalue weighted by molar-refractivity contribution is 5.96. The largest absolute Gasteiger partial charge is 0.449 e. The normalized spacial score (nSPS) is 11.5. The molecule has 1 heterocycles. The maximum absolute atomic E-state index is 12.9. The van der Waals surface area contributed by atoms with Crippen molar-refractivity contribution in [3.63, 3.8) is 0 Å². The van der Waals surface area contributed by atoms with Crippen molar-refractivity contribution in [3.05, 3.63) is 82.4 Å². The number of benzene rings is 2.